The number of H-pyrrole nitrogens is 1. The Kier molecular flexibility index (Phi) is 4.23. The highest BCUT2D eigenvalue weighted by Crippen LogP contribution is 2.22. The summed E-state index contributed by atoms with van der Waals surface area (Å²) in [6, 6.07) is 11.8. The van der Waals surface area contributed by atoms with Gasteiger partial charge < -0.3 is 10.3 Å². The Morgan fingerprint density at radius 3 is 3.00 bits per heavy atom. The number of carbonyl (C=O) groups is 1. The molecule has 3 aromatic heterocycles. The van der Waals surface area contributed by atoms with Crippen LogP contribution in [0.1, 0.15) is 16.7 Å². The minimum atomic E-state index is -0.0826. The van der Waals surface area contributed by atoms with Crippen molar-refractivity contribution in [3.05, 3.63) is 77.9 Å². The second kappa shape index (κ2) is 6.84. The molecule has 1 amide bonds. The number of nitrogens with zero attached hydrogens (tertiary/aromatic N) is 3. The largest absolute Gasteiger partial charge is 0.361 e. The smallest absolute Gasteiger partial charge is 0.230 e. The van der Waals surface area contributed by atoms with Crippen LogP contribution in [0.25, 0.3) is 10.9 Å². The molecule has 2 N–H and O–H groups in total. The number of amides is 1. The number of fused-ring (bicyclic) bond motifs is 1. The molecule has 0 aliphatic rings. The van der Waals surface area contributed by atoms with Crippen molar-refractivity contribution >= 4 is 22.6 Å². The highest BCUT2D eigenvalue weighted by Gasteiger charge is 2.11. The first kappa shape index (κ1) is 16.1. The van der Waals surface area contributed by atoms with Crippen molar-refractivity contribution in [2.75, 3.05) is 5.32 Å². The Morgan fingerprint density at radius 1 is 1.23 bits per heavy atom. The molecule has 1 aromatic carbocycles. The second-order valence-electron chi connectivity index (χ2n) is 6.30. The maximum Gasteiger partial charge on any atom is 0.230 e. The lowest BCUT2D eigenvalue weighted by molar-refractivity contribution is -0.115. The van der Waals surface area contributed by atoms with Gasteiger partial charge in [-0.15, -0.1) is 0 Å². The van der Waals surface area contributed by atoms with E-state index in [2.05, 4.69) is 33.4 Å². The van der Waals surface area contributed by atoms with E-state index in [0.29, 0.717) is 18.8 Å². The molecule has 0 saturated heterocycles. The van der Waals surface area contributed by atoms with Crippen molar-refractivity contribution < 1.29 is 4.79 Å². The predicted molar refractivity (Wildman–Crippen MR) is 101 cm³/mol. The summed E-state index contributed by atoms with van der Waals surface area (Å²) in [7, 11) is 0. The normalized spacial score (nSPS) is 11.0. The molecule has 3 heterocycles. The van der Waals surface area contributed by atoms with Gasteiger partial charge in [0.05, 0.1) is 13.0 Å². The maximum atomic E-state index is 12.4. The summed E-state index contributed by atoms with van der Waals surface area (Å²) in [5.41, 5.74) is 4.26. The number of hydrogen-bond acceptors (Lipinski definition) is 3. The number of rotatable bonds is 5. The number of aromatic nitrogens is 4. The Labute approximate surface area is 150 Å². The van der Waals surface area contributed by atoms with Crippen LogP contribution < -0.4 is 5.32 Å². The Morgan fingerprint density at radius 2 is 2.15 bits per heavy atom. The summed E-state index contributed by atoms with van der Waals surface area (Å²) in [5.74, 6) is 0.469. The fourth-order valence-electron chi connectivity index (χ4n) is 3.15. The third-order valence-corrected chi connectivity index (χ3v) is 4.32. The summed E-state index contributed by atoms with van der Waals surface area (Å²) < 4.78 is 1.78. The SMILES string of the molecule is Cc1cccc2[nH]cc(CC(=O)Nc3ccn(Cc4cccnc4)n3)c12. The van der Waals surface area contributed by atoms with E-state index in [1.165, 1.54) is 0 Å². The number of hydrogen-bond donors (Lipinski definition) is 2. The van der Waals surface area contributed by atoms with Gasteiger partial charge in [-0.05, 0) is 35.7 Å². The first-order valence-electron chi connectivity index (χ1n) is 8.47. The molecule has 0 fully saturated rings. The van der Waals surface area contributed by atoms with Gasteiger partial charge in [0, 0.05) is 41.8 Å². The highest BCUT2D eigenvalue weighted by atomic mass is 16.1. The zero-order valence-electron chi connectivity index (χ0n) is 14.4. The fourth-order valence-corrected chi connectivity index (χ4v) is 3.15. The number of benzene rings is 1. The lowest BCUT2D eigenvalue weighted by Gasteiger charge is -2.04. The third-order valence-electron chi connectivity index (χ3n) is 4.32. The van der Waals surface area contributed by atoms with Gasteiger partial charge in [-0.25, -0.2) is 0 Å². The maximum absolute atomic E-state index is 12.4. The van der Waals surface area contributed by atoms with E-state index < -0.39 is 0 Å². The van der Waals surface area contributed by atoms with Crippen molar-refractivity contribution in [2.45, 2.75) is 19.9 Å². The van der Waals surface area contributed by atoms with Gasteiger partial charge in [0.25, 0.3) is 0 Å². The molecule has 130 valence electrons. The molecule has 26 heavy (non-hydrogen) atoms. The zero-order chi connectivity index (χ0) is 17.9. The Balaban J connectivity index is 1.43. The molecular formula is C20H19N5O. The van der Waals surface area contributed by atoms with Crippen LogP contribution in [0.5, 0.6) is 0 Å². The van der Waals surface area contributed by atoms with Crippen LogP contribution in [0.2, 0.25) is 0 Å². The van der Waals surface area contributed by atoms with Crippen LogP contribution >= 0.6 is 0 Å². The first-order chi connectivity index (χ1) is 12.7. The Hall–Kier alpha value is -3.41. The fraction of sp³-hybridized carbons (Fsp3) is 0.150. The van der Waals surface area contributed by atoms with Crippen LogP contribution in [0.15, 0.2) is 61.2 Å². The zero-order valence-corrected chi connectivity index (χ0v) is 14.4. The second-order valence-corrected chi connectivity index (χ2v) is 6.30. The quantitative estimate of drug-likeness (QED) is 0.583. The summed E-state index contributed by atoms with van der Waals surface area (Å²) in [6.07, 6.45) is 7.60. The van der Waals surface area contributed by atoms with E-state index in [1.54, 1.807) is 23.1 Å². The van der Waals surface area contributed by atoms with Crippen LogP contribution in [0.3, 0.4) is 0 Å². The Bertz CT molecular complexity index is 1050. The molecule has 0 saturated carbocycles. The molecule has 4 rings (SSSR count). The summed E-state index contributed by atoms with van der Waals surface area (Å²) in [5, 5.41) is 8.39. The van der Waals surface area contributed by atoms with Gasteiger partial charge >= 0.3 is 0 Å². The van der Waals surface area contributed by atoms with E-state index in [9.17, 15) is 4.79 Å². The van der Waals surface area contributed by atoms with Crippen molar-refractivity contribution in [3.8, 4) is 0 Å². The number of anilines is 1. The predicted octanol–water partition coefficient (Wildman–Crippen LogP) is 3.30. The van der Waals surface area contributed by atoms with E-state index in [-0.39, 0.29) is 5.91 Å². The molecule has 6 heteroatoms. The summed E-state index contributed by atoms with van der Waals surface area (Å²) >= 11 is 0. The first-order valence-corrected chi connectivity index (χ1v) is 8.47. The highest BCUT2D eigenvalue weighted by molar-refractivity contribution is 5.96. The monoisotopic (exact) mass is 345 g/mol. The van der Waals surface area contributed by atoms with Crippen molar-refractivity contribution in [1.82, 2.24) is 19.7 Å². The molecule has 0 radical (unpaired) electrons. The van der Waals surface area contributed by atoms with Crippen molar-refractivity contribution in [3.63, 3.8) is 0 Å². The van der Waals surface area contributed by atoms with Crippen LogP contribution in [0.4, 0.5) is 5.82 Å². The molecule has 0 bridgehead atoms. The summed E-state index contributed by atoms with van der Waals surface area (Å²) in [6.45, 7) is 2.67. The van der Waals surface area contributed by atoms with Gasteiger partial charge in [-0.3, -0.25) is 14.5 Å². The van der Waals surface area contributed by atoms with Gasteiger partial charge in [0.1, 0.15) is 0 Å². The third kappa shape index (κ3) is 3.35. The minimum Gasteiger partial charge on any atom is -0.361 e. The lowest BCUT2D eigenvalue weighted by atomic mass is 10.1. The van der Waals surface area contributed by atoms with Gasteiger partial charge in [0.2, 0.25) is 5.91 Å². The molecule has 0 unspecified atom stereocenters. The number of carbonyl (C=O) groups excluding carboxylic acids is 1. The van der Waals surface area contributed by atoms with E-state index in [4.69, 9.17) is 0 Å². The molecule has 0 spiro atoms. The number of aryl methyl sites for hydroxylation is 1. The van der Waals surface area contributed by atoms with Crippen LogP contribution in [-0.4, -0.2) is 25.7 Å². The van der Waals surface area contributed by atoms with E-state index in [0.717, 1.165) is 27.6 Å². The van der Waals surface area contributed by atoms with Gasteiger partial charge in [-0.2, -0.15) is 5.10 Å². The molecule has 0 aliphatic carbocycles. The number of pyridine rings is 1. The molecule has 0 aliphatic heterocycles. The lowest BCUT2D eigenvalue weighted by Crippen LogP contribution is -2.15. The van der Waals surface area contributed by atoms with Crippen molar-refractivity contribution in [2.24, 2.45) is 0 Å². The average molecular weight is 345 g/mol. The molecule has 6 nitrogen and oxygen atoms in total. The van der Waals surface area contributed by atoms with Gasteiger partial charge in [-0.1, -0.05) is 18.2 Å². The number of aromatic amines is 1. The van der Waals surface area contributed by atoms with Crippen LogP contribution in [-0.2, 0) is 17.8 Å². The number of nitrogens with one attached hydrogen (secondary N) is 2. The van der Waals surface area contributed by atoms with Gasteiger partial charge in [0.15, 0.2) is 5.82 Å². The van der Waals surface area contributed by atoms with Crippen molar-refractivity contribution in [1.29, 1.82) is 0 Å². The average Bonchev–Trinajstić information content (AvgIpc) is 3.24. The standard InChI is InChI=1S/C20H19N5O/c1-14-4-2-6-17-20(14)16(12-22-17)10-19(26)23-18-7-9-25(24-18)13-15-5-3-8-21-11-15/h2-9,11-12,22H,10,13H2,1H3,(H,23,24,26). The molecule has 4 aromatic rings. The topological polar surface area (TPSA) is 75.6 Å². The summed E-state index contributed by atoms with van der Waals surface area (Å²) in [4.78, 5) is 19.7. The van der Waals surface area contributed by atoms with E-state index >= 15 is 0 Å². The molecule has 0 atom stereocenters. The molecular weight excluding hydrogens is 326 g/mol. The van der Waals surface area contributed by atoms with E-state index in [1.807, 2.05) is 36.7 Å². The minimum absolute atomic E-state index is 0.0826. The van der Waals surface area contributed by atoms with Crippen LogP contribution in [0, 0.1) is 6.92 Å².